The van der Waals surface area contributed by atoms with Crippen LogP contribution >= 0.6 is 0 Å². The van der Waals surface area contributed by atoms with Gasteiger partial charge in [-0.2, -0.15) is 0 Å². The molecule has 1 aliphatic heterocycles. The van der Waals surface area contributed by atoms with E-state index in [9.17, 15) is 9.90 Å². The number of phenols is 1. The van der Waals surface area contributed by atoms with Crippen molar-refractivity contribution < 1.29 is 14.6 Å². The highest BCUT2D eigenvalue weighted by Gasteiger charge is 2.25. The molecule has 0 saturated heterocycles. The molecule has 0 fully saturated rings. The van der Waals surface area contributed by atoms with Crippen LogP contribution < -0.4 is 0 Å². The van der Waals surface area contributed by atoms with Crippen LogP contribution in [0.2, 0.25) is 0 Å². The van der Waals surface area contributed by atoms with E-state index in [2.05, 4.69) is 32.9 Å². The van der Waals surface area contributed by atoms with E-state index in [-0.39, 0.29) is 11.5 Å². The molecule has 130 valence electrons. The highest BCUT2D eigenvalue weighted by atomic mass is 16.5. The van der Waals surface area contributed by atoms with Crippen LogP contribution in [0.1, 0.15) is 39.8 Å². The first kappa shape index (κ1) is 17.3. The summed E-state index contributed by atoms with van der Waals surface area (Å²) in [5.41, 5.74) is 7.01. The fourth-order valence-electron chi connectivity index (χ4n) is 3.31. The SMILES string of the molecule is Cc1ccc(O)c(C2=C(C(=O)Cc3cc(C)c(C)c(C)c3)CCO2)c1. The molecule has 2 aromatic rings. The number of ether oxygens (including phenoxy) is 1. The van der Waals surface area contributed by atoms with Gasteiger partial charge in [-0.25, -0.2) is 0 Å². The topological polar surface area (TPSA) is 46.5 Å². The first-order chi connectivity index (χ1) is 11.9. The highest BCUT2D eigenvalue weighted by molar-refractivity contribution is 6.03. The van der Waals surface area contributed by atoms with Gasteiger partial charge in [-0.05, 0) is 62.1 Å². The maximum absolute atomic E-state index is 12.9. The molecule has 1 heterocycles. The summed E-state index contributed by atoms with van der Waals surface area (Å²) in [4.78, 5) is 12.9. The highest BCUT2D eigenvalue weighted by Crippen LogP contribution is 2.35. The van der Waals surface area contributed by atoms with Gasteiger partial charge in [-0.1, -0.05) is 23.8 Å². The van der Waals surface area contributed by atoms with E-state index in [0.29, 0.717) is 36.3 Å². The van der Waals surface area contributed by atoms with Gasteiger partial charge in [0.2, 0.25) is 0 Å². The van der Waals surface area contributed by atoms with E-state index in [0.717, 1.165) is 11.1 Å². The van der Waals surface area contributed by atoms with Gasteiger partial charge in [0.05, 0.1) is 12.2 Å². The second kappa shape index (κ2) is 6.75. The Kier molecular flexibility index (Phi) is 4.67. The maximum atomic E-state index is 12.9. The maximum Gasteiger partial charge on any atom is 0.167 e. The molecule has 0 bridgehead atoms. The summed E-state index contributed by atoms with van der Waals surface area (Å²) in [6, 6.07) is 9.52. The molecule has 3 rings (SSSR count). The molecule has 2 aromatic carbocycles. The van der Waals surface area contributed by atoms with Gasteiger partial charge >= 0.3 is 0 Å². The number of carbonyl (C=O) groups is 1. The van der Waals surface area contributed by atoms with Crippen LogP contribution in [0.25, 0.3) is 5.76 Å². The zero-order chi connectivity index (χ0) is 18.1. The third-order valence-corrected chi connectivity index (χ3v) is 4.96. The number of Topliss-reactive ketones (excluding diaryl/α,β-unsaturated/α-hetero) is 1. The van der Waals surface area contributed by atoms with Crippen LogP contribution in [-0.2, 0) is 16.0 Å². The van der Waals surface area contributed by atoms with Crippen LogP contribution in [0.5, 0.6) is 5.75 Å². The third kappa shape index (κ3) is 3.46. The zero-order valence-electron chi connectivity index (χ0n) is 15.3. The van der Waals surface area contributed by atoms with Gasteiger partial charge in [0, 0.05) is 18.4 Å². The molecule has 1 aliphatic rings. The Morgan fingerprint density at radius 1 is 1.08 bits per heavy atom. The fraction of sp³-hybridized carbons (Fsp3) is 0.318. The smallest absolute Gasteiger partial charge is 0.167 e. The van der Waals surface area contributed by atoms with E-state index in [1.165, 1.54) is 16.7 Å². The lowest BCUT2D eigenvalue weighted by Crippen LogP contribution is -2.08. The van der Waals surface area contributed by atoms with Crippen molar-refractivity contribution in [2.45, 2.75) is 40.5 Å². The molecular formula is C22H24O3. The quantitative estimate of drug-likeness (QED) is 0.889. The van der Waals surface area contributed by atoms with E-state index in [1.54, 1.807) is 6.07 Å². The minimum atomic E-state index is 0.0658. The Hall–Kier alpha value is -2.55. The predicted molar refractivity (Wildman–Crippen MR) is 99.7 cm³/mol. The molecule has 0 radical (unpaired) electrons. The summed E-state index contributed by atoms with van der Waals surface area (Å²) in [5, 5.41) is 10.2. The van der Waals surface area contributed by atoms with Gasteiger partial charge in [0.1, 0.15) is 11.5 Å². The minimum Gasteiger partial charge on any atom is -0.507 e. The van der Waals surface area contributed by atoms with Crippen molar-refractivity contribution in [1.29, 1.82) is 0 Å². The summed E-state index contributed by atoms with van der Waals surface area (Å²) in [6.45, 7) is 8.69. The van der Waals surface area contributed by atoms with Crippen molar-refractivity contribution in [3.05, 3.63) is 69.3 Å². The molecule has 0 aliphatic carbocycles. The Balaban J connectivity index is 1.94. The molecule has 25 heavy (non-hydrogen) atoms. The van der Waals surface area contributed by atoms with Crippen molar-refractivity contribution in [1.82, 2.24) is 0 Å². The standard InChI is InChI=1S/C22H24O3/c1-13-5-6-20(23)19(9-13)22-18(7-8-25-22)21(24)12-17-10-14(2)16(4)15(3)11-17/h5-6,9-11,23H,7-8,12H2,1-4H3. The molecule has 0 saturated carbocycles. The summed E-state index contributed by atoms with van der Waals surface area (Å²) in [5.74, 6) is 0.748. The van der Waals surface area contributed by atoms with Crippen LogP contribution in [0.4, 0.5) is 0 Å². The molecule has 3 nitrogen and oxygen atoms in total. The van der Waals surface area contributed by atoms with Crippen LogP contribution in [0.15, 0.2) is 35.9 Å². The van der Waals surface area contributed by atoms with E-state index < -0.39 is 0 Å². The van der Waals surface area contributed by atoms with Gasteiger partial charge in [-0.3, -0.25) is 4.79 Å². The van der Waals surface area contributed by atoms with Gasteiger partial charge < -0.3 is 9.84 Å². The normalized spacial score (nSPS) is 13.9. The Morgan fingerprint density at radius 2 is 1.76 bits per heavy atom. The molecule has 0 spiro atoms. The van der Waals surface area contributed by atoms with E-state index in [1.807, 2.05) is 19.1 Å². The van der Waals surface area contributed by atoms with Crippen LogP contribution in [0.3, 0.4) is 0 Å². The van der Waals surface area contributed by atoms with Crippen molar-refractivity contribution in [3.8, 4) is 5.75 Å². The monoisotopic (exact) mass is 336 g/mol. The number of hydrogen-bond acceptors (Lipinski definition) is 3. The second-order valence-electron chi connectivity index (χ2n) is 6.88. The number of hydrogen-bond donors (Lipinski definition) is 1. The largest absolute Gasteiger partial charge is 0.507 e. The number of benzene rings is 2. The average Bonchev–Trinajstić information content (AvgIpc) is 3.04. The van der Waals surface area contributed by atoms with Crippen LogP contribution in [-0.4, -0.2) is 17.5 Å². The second-order valence-corrected chi connectivity index (χ2v) is 6.88. The minimum absolute atomic E-state index is 0.0658. The van der Waals surface area contributed by atoms with Crippen LogP contribution in [0, 0.1) is 27.7 Å². The molecule has 1 N–H and O–H groups in total. The van der Waals surface area contributed by atoms with Crippen molar-refractivity contribution >= 4 is 11.5 Å². The lowest BCUT2D eigenvalue weighted by Gasteiger charge is -2.11. The van der Waals surface area contributed by atoms with Gasteiger partial charge in [0.25, 0.3) is 0 Å². The first-order valence-electron chi connectivity index (χ1n) is 8.62. The number of ketones is 1. The number of rotatable bonds is 4. The lowest BCUT2D eigenvalue weighted by atomic mass is 9.94. The fourth-order valence-corrected chi connectivity index (χ4v) is 3.31. The molecule has 0 amide bonds. The van der Waals surface area contributed by atoms with Gasteiger partial charge in [0.15, 0.2) is 5.78 Å². The summed E-state index contributed by atoms with van der Waals surface area (Å²) in [7, 11) is 0. The Labute approximate surface area is 149 Å². The summed E-state index contributed by atoms with van der Waals surface area (Å²) >= 11 is 0. The van der Waals surface area contributed by atoms with Crippen molar-refractivity contribution in [3.63, 3.8) is 0 Å². The Bertz CT molecular complexity index is 852. The Morgan fingerprint density at radius 3 is 2.44 bits per heavy atom. The molecule has 0 aromatic heterocycles. The summed E-state index contributed by atoms with van der Waals surface area (Å²) < 4.78 is 5.71. The van der Waals surface area contributed by atoms with E-state index in [4.69, 9.17) is 4.74 Å². The number of phenolic OH excluding ortho intramolecular Hbond substituents is 1. The molecule has 0 unspecified atom stereocenters. The number of carbonyl (C=O) groups excluding carboxylic acids is 1. The molecular weight excluding hydrogens is 312 g/mol. The van der Waals surface area contributed by atoms with Crippen molar-refractivity contribution in [2.24, 2.45) is 0 Å². The molecule has 3 heteroatoms. The first-order valence-corrected chi connectivity index (χ1v) is 8.62. The number of aromatic hydroxyl groups is 1. The van der Waals surface area contributed by atoms with E-state index >= 15 is 0 Å². The average molecular weight is 336 g/mol. The number of aryl methyl sites for hydroxylation is 3. The molecule has 0 atom stereocenters. The summed E-state index contributed by atoms with van der Waals surface area (Å²) in [6.07, 6.45) is 0.947. The van der Waals surface area contributed by atoms with Crippen molar-refractivity contribution in [2.75, 3.05) is 6.61 Å². The van der Waals surface area contributed by atoms with Gasteiger partial charge in [-0.15, -0.1) is 0 Å². The third-order valence-electron chi connectivity index (χ3n) is 4.96. The lowest BCUT2D eigenvalue weighted by molar-refractivity contribution is -0.115. The predicted octanol–water partition coefficient (Wildman–Crippen LogP) is 4.57. The zero-order valence-corrected chi connectivity index (χ0v) is 15.3.